The van der Waals surface area contributed by atoms with Crippen molar-refractivity contribution < 1.29 is 0 Å². The molecule has 3 heteroatoms. The fourth-order valence-electron chi connectivity index (χ4n) is 2.37. The first-order chi connectivity index (χ1) is 6.74. The van der Waals surface area contributed by atoms with Crippen LogP contribution in [0.15, 0.2) is 0 Å². The Labute approximate surface area is 86.1 Å². The van der Waals surface area contributed by atoms with Crippen molar-refractivity contribution in [1.29, 1.82) is 5.26 Å². The van der Waals surface area contributed by atoms with Crippen molar-refractivity contribution in [2.45, 2.75) is 31.7 Å². The molecule has 1 saturated heterocycles. The van der Waals surface area contributed by atoms with Gasteiger partial charge in [0.05, 0.1) is 11.5 Å². The predicted octanol–water partition coefficient (Wildman–Crippen LogP) is 0.974. The van der Waals surface area contributed by atoms with Gasteiger partial charge in [0, 0.05) is 19.1 Å². The molecule has 1 atom stereocenters. The lowest BCUT2D eigenvalue weighted by atomic mass is 9.70. The Bertz CT molecular complexity index is 239. The van der Waals surface area contributed by atoms with E-state index in [2.05, 4.69) is 23.3 Å². The molecule has 3 nitrogen and oxygen atoms in total. The smallest absolute Gasteiger partial charge is 0.0703 e. The Hall–Kier alpha value is -0.590. The summed E-state index contributed by atoms with van der Waals surface area (Å²) in [5.41, 5.74) is -0.0127. The maximum absolute atomic E-state index is 9.06. The third-order valence-corrected chi connectivity index (χ3v) is 3.67. The highest BCUT2D eigenvalue weighted by Crippen LogP contribution is 2.39. The molecule has 2 rings (SSSR count). The molecule has 0 bridgehead atoms. The number of likely N-dealkylation sites (tertiary alicyclic amines) is 1. The Morgan fingerprint density at radius 3 is 2.79 bits per heavy atom. The molecule has 1 aliphatic heterocycles. The number of hydrogen-bond donors (Lipinski definition) is 1. The van der Waals surface area contributed by atoms with Crippen LogP contribution in [0.1, 0.15) is 25.7 Å². The zero-order valence-electron chi connectivity index (χ0n) is 8.92. The standard InChI is InChI=1S/C11H19N3/c1-14-6-3-10(7-14)13-9-11(8-12)4-2-5-11/h10,13H,2-7,9H2,1H3. The summed E-state index contributed by atoms with van der Waals surface area (Å²) in [4.78, 5) is 2.34. The summed E-state index contributed by atoms with van der Waals surface area (Å²) >= 11 is 0. The van der Waals surface area contributed by atoms with Crippen LogP contribution < -0.4 is 5.32 Å². The lowest BCUT2D eigenvalue weighted by Gasteiger charge is -2.36. The molecule has 1 N–H and O–H groups in total. The molecule has 0 aromatic carbocycles. The Morgan fingerprint density at radius 1 is 1.57 bits per heavy atom. The molecule has 2 fully saturated rings. The largest absolute Gasteiger partial charge is 0.311 e. The van der Waals surface area contributed by atoms with Crippen LogP contribution >= 0.6 is 0 Å². The molecule has 0 aromatic rings. The number of likely N-dealkylation sites (N-methyl/N-ethyl adjacent to an activating group) is 1. The minimum atomic E-state index is -0.0127. The van der Waals surface area contributed by atoms with Gasteiger partial charge in [0.25, 0.3) is 0 Å². The van der Waals surface area contributed by atoms with Crippen LogP contribution in [0.3, 0.4) is 0 Å². The van der Waals surface area contributed by atoms with Crippen molar-refractivity contribution in [3.05, 3.63) is 0 Å². The van der Waals surface area contributed by atoms with E-state index in [9.17, 15) is 0 Å². The molecule has 0 amide bonds. The summed E-state index contributed by atoms with van der Waals surface area (Å²) in [6, 6.07) is 3.09. The highest BCUT2D eigenvalue weighted by Gasteiger charge is 2.37. The molecule has 0 aromatic heterocycles. The number of nitriles is 1. The van der Waals surface area contributed by atoms with Crippen LogP contribution in [0.4, 0.5) is 0 Å². The molecule has 14 heavy (non-hydrogen) atoms. The quantitative estimate of drug-likeness (QED) is 0.726. The van der Waals surface area contributed by atoms with Gasteiger partial charge >= 0.3 is 0 Å². The molecule has 2 aliphatic rings. The SMILES string of the molecule is CN1CCC(NCC2(C#N)CCC2)C1. The van der Waals surface area contributed by atoms with Crippen molar-refractivity contribution in [3.8, 4) is 6.07 Å². The zero-order valence-corrected chi connectivity index (χ0v) is 8.92. The Morgan fingerprint density at radius 2 is 2.36 bits per heavy atom. The van der Waals surface area contributed by atoms with Crippen LogP contribution in [-0.4, -0.2) is 37.6 Å². The fourth-order valence-corrected chi connectivity index (χ4v) is 2.37. The summed E-state index contributed by atoms with van der Waals surface area (Å²) in [7, 11) is 2.16. The van der Waals surface area contributed by atoms with Gasteiger partial charge in [-0.25, -0.2) is 0 Å². The maximum atomic E-state index is 9.06. The molecule has 1 aliphatic carbocycles. The lowest BCUT2D eigenvalue weighted by molar-refractivity contribution is 0.199. The van der Waals surface area contributed by atoms with Crippen LogP contribution in [0.2, 0.25) is 0 Å². The van der Waals surface area contributed by atoms with Gasteiger partial charge in [-0.2, -0.15) is 5.26 Å². The van der Waals surface area contributed by atoms with E-state index < -0.39 is 0 Å². The minimum absolute atomic E-state index is 0.0127. The highest BCUT2D eigenvalue weighted by molar-refractivity contribution is 5.06. The number of nitrogens with one attached hydrogen (secondary N) is 1. The van der Waals surface area contributed by atoms with Gasteiger partial charge in [-0.1, -0.05) is 6.42 Å². The number of nitrogens with zero attached hydrogens (tertiary/aromatic N) is 2. The number of hydrogen-bond acceptors (Lipinski definition) is 3. The van der Waals surface area contributed by atoms with E-state index in [-0.39, 0.29) is 5.41 Å². The molecule has 78 valence electrons. The number of rotatable bonds is 3. The van der Waals surface area contributed by atoms with Crippen LogP contribution in [-0.2, 0) is 0 Å². The van der Waals surface area contributed by atoms with Gasteiger partial charge in [0.2, 0.25) is 0 Å². The van der Waals surface area contributed by atoms with Gasteiger partial charge < -0.3 is 10.2 Å². The zero-order chi connectivity index (χ0) is 10.0. The first-order valence-electron chi connectivity index (χ1n) is 5.57. The van der Waals surface area contributed by atoms with Crippen LogP contribution in [0, 0.1) is 16.7 Å². The summed E-state index contributed by atoms with van der Waals surface area (Å²) in [5, 5.41) is 12.6. The second kappa shape index (κ2) is 3.88. The van der Waals surface area contributed by atoms with Gasteiger partial charge in [-0.05, 0) is 32.9 Å². The first-order valence-corrected chi connectivity index (χ1v) is 5.57. The van der Waals surface area contributed by atoms with E-state index in [1.165, 1.54) is 19.4 Å². The molecule has 0 spiro atoms. The van der Waals surface area contributed by atoms with Gasteiger partial charge in [0.1, 0.15) is 0 Å². The Balaban J connectivity index is 1.74. The summed E-state index contributed by atoms with van der Waals surface area (Å²) in [6.07, 6.45) is 4.66. The van der Waals surface area contributed by atoms with E-state index >= 15 is 0 Å². The van der Waals surface area contributed by atoms with Gasteiger partial charge in [-0.15, -0.1) is 0 Å². The van der Waals surface area contributed by atoms with Gasteiger partial charge in [-0.3, -0.25) is 0 Å². The Kier molecular flexibility index (Phi) is 2.76. The van der Waals surface area contributed by atoms with E-state index in [4.69, 9.17) is 5.26 Å². The third-order valence-electron chi connectivity index (χ3n) is 3.67. The third kappa shape index (κ3) is 1.92. The first kappa shape index (κ1) is 9.95. The summed E-state index contributed by atoms with van der Waals surface area (Å²) in [5.74, 6) is 0. The predicted molar refractivity (Wildman–Crippen MR) is 55.8 cm³/mol. The summed E-state index contributed by atoms with van der Waals surface area (Å²) < 4.78 is 0. The molecule has 1 unspecified atom stereocenters. The van der Waals surface area contributed by atoms with Crippen molar-refractivity contribution in [2.75, 3.05) is 26.7 Å². The molecule has 1 saturated carbocycles. The average molecular weight is 193 g/mol. The second-order valence-electron chi connectivity index (χ2n) is 4.87. The van der Waals surface area contributed by atoms with E-state index in [0.29, 0.717) is 6.04 Å². The van der Waals surface area contributed by atoms with Crippen LogP contribution in [0.25, 0.3) is 0 Å². The fraction of sp³-hybridized carbons (Fsp3) is 0.909. The van der Waals surface area contributed by atoms with Crippen molar-refractivity contribution in [1.82, 2.24) is 10.2 Å². The monoisotopic (exact) mass is 193 g/mol. The average Bonchev–Trinajstić information content (AvgIpc) is 2.50. The highest BCUT2D eigenvalue weighted by atomic mass is 15.2. The van der Waals surface area contributed by atoms with Crippen molar-refractivity contribution in [2.24, 2.45) is 5.41 Å². The van der Waals surface area contributed by atoms with E-state index in [1.807, 2.05) is 0 Å². The lowest BCUT2D eigenvalue weighted by Crippen LogP contribution is -2.43. The summed E-state index contributed by atoms with van der Waals surface area (Å²) in [6.45, 7) is 3.24. The molecule has 1 heterocycles. The van der Waals surface area contributed by atoms with E-state index in [1.54, 1.807) is 0 Å². The maximum Gasteiger partial charge on any atom is 0.0703 e. The molecular weight excluding hydrogens is 174 g/mol. The van der Waals surface area contributed by atoms with Crippen LogP contribution in [0.5, 0.6) is 0 Å². The second-order valence-corrected chi connectivity index (χ2v) is 4.87. The molecule has 0 radical (unpaired) electrons. The normalized spacial score (nSPS) is 31.0. The minimum Gasteiger partial charge on any atom is -0.311 e. The van der Waals surface area contributed by atoms with Gasteiger partial charge in [0.15, 0.2) is 0 Å². The molecular formula is C11H19N3. The van der Waals surface area contributed by atoms with Crippen molar-refractivity contribution in [3.63, 3.8) is 0 Å². The topological polar surface area (TPSA) is 39.1 Å². The van der Waals surface area contributed by atoms with Crippen molar-refractivity contribution >= 4 is 0 Å². The van der Waals surface area contributed by atoms with E-state index in [0.717, 1.165) is 25.9 Å².